The van der Waals surface area contributed by atoms with Crippen molar-refractivity contribution in [2.75, 3.05) is 31.5 Å². The van der Waals surface area contributed by atoms with Crippen LogP contribution >= 0.6 is 11.3 Å². The number of nitrogens with one attached hydrogen (secondary N) is 1. The number of anilines is 1. The van der Waals surface area contributed by atoms with Crippen LogP contribution in [-0.2, 0) is 14.8 Å². The van der Waals surface area contributed by atoms with E-state index in [-0.39, 0.29) is 21.9 Å². The first kappa shape index (κ1) is 23.9. The van der Waals surface area contributed by atoms with E-state index in [2.05, 4.69) is 5.32 Å². The van der Waals surface area contributed by atoms with Gasteiger partial charge < -0.3 is 10.2 Å². The topological polar surface area (TPSA) is 86.8 Å². The molecule has 0 bridgehead atoms. The quantitative estimate of drug-likeness (QED) is 0.687. The number of carbonyl (C=O) groups excluding carboxylic acids is 2. The van der Waals surface area contributed by atoms with Crippen LogP contribution in [0.25, 0.3) is 0 Å². The Bertz CT molecular complexity index is 1130. The predicted molar refractivity (Wildman–Crippen MR) is 130 cm³/mol. The van der Waals surface area contributed by atoms with Gasteiger partial charge in [-0.05, 0) is 69.2 Å². The fraction of sp³-hybridized carbons (Fsp3) is 0.500. The Morgan fingerprint density at radius 2 is 1.70 bits per heavy atom. The molecule has 9 heteroatoms. The van der Waals surface area contributed by atoms with Crippen molar-refractivity contribution in [3.05, 3.63) is 46.3 Å². The van der Waals surface area contributed by atoms with Gasteiger partial charge in [-0.25, -0.2) is 8.42 Å². The van der Waals surface area contributed by atoms with Crippen molar-refractivity contribution >= 4 is 38.9 Å². The van der Waals surface area contributed by atoms with Gasteiger partial charge in [-0.1, -0.05) is 12.1 Å². The first-order valence-electron chi connectivity index (χ1n) is 11.5. The van der Waals surface area contributed by atoms with E-state index in [0.717, 1.165) is 60.5 Å². The van der Waals surface area contributed by atoms with E-state index in [0.29, 0.717) is 31.5 Å². The molecular formula is C24H31N3O4S2. The summed E-state index contributed by atoms with van der Waals surface area (Å²) in [4.78, 5) is 27.3. The van der Waals surface area contributed by atoms with Crippen molar-refractivity contribution in [3.63, 3.8) is 0 Å². The summed E-state index contributed by atoms with van der Waals surface area (Å²) in [5, 5.41) is 4.65. The molecule has 1 N–H and O–H groups in total. The van der Waals surface area contributed by atoms with Crippen molar-refractivity contribution in [2.45, 2.75) is 50.2 Å². The molecular weight excluding hydrogens is 458 g/mol. The number of hydrogen-bond donors (Lipinski definition) is 1. The minimum absolute atomic E-state index is 0.0636. The normalized spacial score (nSPS) is 18.3. The summed E-state index contributed by atoms with van der Waals surface area (Å²) >= 11 is 1.10. The number of amides is 2. The van der Waals surface area contributed by atoms with E-state index in [1.165, 1.54) is 10.4 Å². The zero-order valence-electron chi connectivity index (χ0n) is 19.2. The number of aryl methyl sites for hydroxylation is 2. The van der Waals surface area contributed by atoms with E-state index in [4.69, 9.17) is 0 Å². The standard InChI is InChI=1S/C24H31N3O4S2/c1-17-6-7-18(2)21(14-17)25-23(28)19-8-12-27(13-9-19)33(30,31)22-15-20(16-32-22)24(29)26-10-4-3-5-11-26/h6-7,14-16,19H,3-5,8-13H2,1-2H3,(H,25,28). The number of sulfonamides is 1. The Morgan fingerprint density at radius 3 is 2.39 bits per heavy atom. The van der Waals surface area contributed by atoms with Gasteiger partial charge in [0.05, 0.1) is 5.56 Å². The molecule has 7 nitrogen and oxygen atoms in total. The van der Waals surface area contributed by atoms with Crippen molar-refractivity contribution < 1.29 is 18.0 Å². The molecule has 1 aromatic heterocycles. The summed E-state index contributed by atoms with van der Waals surface area (Å²) in [6.45, 7) is 5.98. The molecule has 0 saturated carbocycles. The largest absolute Gasteiger partial charge is 0.339 e. The predicted octanol–water partition coefficient (Wildman–Crippen LogP) is 4.03. The molecule has 4 rings (SSSR count). The highest BCUT2D eigenvalue weighted by atomic mass is 32.2. The van der Waals surface area contributed by atoms with Crippen LogP contribution in [0.5, 0.6) is 0 Å². The Hall–Kier alpha value is -2.23. The first-order valence-corrected chi connectivity index (χ1v) is 13.8. The Balaban J connectivity index is 1.37. The van der Waals surface area contributed by atoms with Crippen molar-refractivity contribution in [1.29, 1.82) is 0 Å². The van der Waals surface area contributed by atoms with Crippen molar-refractivity contribution in [3.8, 4) is 0 Å². The van der Waals surface area contributed by atoms with Gasteiger partial charge in [0.25, 0.3) is 15.9 Å². The van der Waals surface area contributed by atoms with Crippen LogP contribution in [0, 0.1) is 19.8 Å². The maximum Gasteiger partial charge on any atom is 0.254 e. The highest BCUT2D eigenvalue weighted by Gasteiger charge is 2.33. The molecule has 2 aliphatic rings. The molecule has 2 amide bonds. The molecule has 33 heavy (non-hydrogen) atoms. The summed E-state index contributed by atoms with van der Waals surface area (Å²) in [5.74, 6) is -0.378. The third-order valence-corrected chi connectivity index (χ3v) is 9.85. The first-order chi connectivity index (χ1) is 15.8. The van der Waals surface area contributed by atoms with E-state index < -0.39 is 10.0 Å². The monoisotopic (exact) mass is 489 g/mol. The van der Waals surface area contributed by atoms with Gasteiger partial charge in [0.2, 0.25) is 5.91 Å². The average molecular weight is 490 g/mol. The van der Waals surface area contributed by atoms with Crippen molar-refractivity contribution in [1.82, 2.24) is 9.21 Å². The van der Waals surface area contributed by atoms with Crippen LogP contribution in [0.1, 0.15) is 53.6 Å². The fourth-order valence-corrected chi connectivity index (χ4v) is 7.21. The van der Waals surface area contributed by atoms with E-state index >= 15 is 0 Å². The van der Waals surface area contributed by atoms with Gasteiger partial charge in [-0.3, -0.25) is 9.59 Å². The summed E-state index contributed by atoms with van der Waals surface area (Å²) in [7, 11) is -3.68. The lowest BCUT2D eigenvalue weighted by molar-refractivity contribution is -0.120. The highest BCUT2D eigenvalue weighted by Crippen LogP contribution is 2.29. The molecule has 2 aliphatic heterocycles. The second-order valence-electron chi connectivity index (χ2n) is 8.99. The van der Waals surface area contributed by atoms with Gasteiger partial charge in [0, 0.05) is 43.2 Å². The van der Waals surface area contributed by atoms with Crippen LogP contribution < -0.4 is 5.32 Å². The zero-order chi connectivity index (χ0) is 23.6. The zero-order valence-corrected chi connectivity index (χ0v) is 20.8. The van der Waals surface area contributed by atoms with Crippen LogP contribution in [0.15, 0.2) is 33.9 Å². The summed E-state index contributed by atoms with van der Waals surface area (Å²) < 4.78 is 28.0. The molecule has 0 atom stereocenters. The van der Waals surface area contributed by atoms with Crippen LogP contribution in [-0.4, -0.2) is 55.6 Å². The number of nitrogens with zero attached hydrogens (tertiary/aromatic N) is 2. The lowest BCUT2D eigenvalue weighted by Crippen LogP contribution is -2.41. The van der Waals surface area contributed by atoms with Crippen LogP contribution in [0.3, 0.4) is 0 Å². The van der Waals surface area contributed by atoms with E-state index in [1.54, 1.807) is 5.38 Å². The lowest BCUT2D eigenvalue weighted by Gasteiger charge is -2.30. The average Bonchev–Trinajstić information content (AvgIpc) is 3.33. The van der Waals surface area contributed by atoms with Crippen LogP contribution in [0.2, 0.25) is 0 Å². The smallest absolute Gasteiger partial charge is 0.254 e. The molecule has 0 radical (unpaired) electrons. The molecule has 0 aliphatic carbocycles. The molecule has 178 valence electrons. The molecule has 0 unspecified atom stereocenters. The SMILES string of the molecule is Cc1ccc(C)c(NC(=O)C2CCN(S(=O)(=O)c3cc(C(=O)N4CCCCC4)cs3)CC2)c1. The lowest BCUT2D eigenvalue weighted by atomic mass is 9.97. The third-order valence-electron chi connectivity index (χ3n) is 6.54. The minimum atomic E-state index is -3.68. The Labute approximate surface area is 199 Å². The number of likely N-dealkylation sites (tertiary alicyclic amines) is 1. The Morgan fingerprint density at radius 1 is 1.00 bits per heavy atom. The number of hydrogen-bond acceptors (Lipinski definition) is 5. The summed E-state index contributed by atoms with van der Waals surface area (Å²) in [6, 6.07) is 7.44. The van der Waals surface area contributed by atoms with Crippen molar-refractivity contribution in [2.24, 2.45) is 5.92 Å². The highest BCUT2D eigenvalue weighted by molar-refractivity contribution is 7.91. The van der Waals surface area contributed by atoms with Gasteiger partial charge in [-0.2, -0.15) is 4.31 Å². The second-order valence-corrected chi connectivity index (χ2v) is 12.1. The summed E-state index contributed by atoms with van der Waals surface area (Å²) in [6.07, 6.45) is 4.06. The molecule has 0 spiro atoms. The Kier molecular flexibility index (Phi) is 7.21. The molecule has 2 fully saturated rings. The van der Waals surface area contributed by atoms with E-state index in [9.17, 15) is 18.0 Å². The maximum absolute atomic E-state index is 13.2. The molecule has 1 aromatic carbocycles. The molecule has 2 aromatic rings. The van der Waals surface area contributed by atoms with Gasteiger partial charge in [0.1, 0.15) is 4.21 Å². The molecule has 3 heterocycles. The number of benzene rings is 1. The molecule has 2 saturated heterocycles. The summed E-state index contributed by atoms with van der Waals surface area (Å²) in [5.41, 5.74) is 3.33. The third kappa shape index (κ3) is 5.31. The number of thiophene rings is 1. The second kappa shape index (κ2) is 9.95. The van der Waals surface area contributed by atoms with Gasteiger partial charge in [-0.15, -0.1) is 11.3 Å². The minimum Gasteiger partial charge on any atom is -0.339 e. The van der Waals surface area contributed by atoms with Crippen LogP contribution in [0.4, 0.5) is 5.69 Å². The van der Waals surface area contributed by atoms with E-state index in [1.807, 2.05) is 36.9 Å². The number of rotatable bonds is 5. The van der Waals surface area contributed by atoms with Gasteiger partial charge >= 0.3 is 0 Å². The maximum atomic E-state index is 13.2. The fourth-order valence-electron chi connectivity index (χ4n) is 4.43. The number of carbonyl (C=O) groups is 2. The van der Waals surface area contributed by atoms with Gasteiger partial charge in [0.15, 0.2) is 0 Å². The number of piperidine rings is 2.